The van der Waals surface area contributed by atoms with Crippen LogP contribution in [0.15, 0.2) is 18.2 Å². The Morgan fingerprint density at radius 2 is 2.06 bits per heavy atom. The maximum atomic E-state index is 13.4. The van der Waals surface area contributed by atoms with Gasteiger partial charge in [0.1, 0.15) is 17.1 Å². The number of halogens is 3. The Balaban J connectivity index is 2.98. The molecule has 1 aromatic rings. The maximum absolute atomic E-state index is 13.4. The summed E-state index contributed by atoms with van der Waals surface area (Å²) < 4.78 is 13.4. The van der Waals surface area contributed by atoms with E-state index in [4.69, 9.17) is 0 Å². The average molecular weight is 369 g/mol. The van der Waals surface area contributed by atoms with Crippen molar-refractivity contribution in [3.63, 3.8) is 0 Å². The highest BCUT2D eigenvalue weighted by atomic mass is 79.9. The van der Waals surface area contributed by atoms with E-state index in [2.05, 4.69) is 37.2 Å². The number of rotatable bonds is 4. The maximum Gasteiger partial charge on any atom is 0.258 e. The van der Waals surface area contributed by atoms with E-state index in [1.54, 1.807) is 6.92 Å². The highest BCUT2D eigenvalue weighted by molar-refractivity contribution is 9.09. The van der Waals surface area contributed by atoms with Crippen molar-refractivity contribution < 1.29 is 14.3 Å². The summed E-state index contributed by atoms with van der Waals surface area (Å²) in [6.07, 6.45) is 0. The van der Waals surface area contributed by atoms with Gasteiger partial charge in [0, 0.05) is 10.7 Å². The fourth-order valence-electron chi connectivity index (χ4n) is 1.18. The summed E-state index contributed by atoms with van der Waals surface area (Å²) in [5.41, 5.74) is -0.883. The van der Waals surface area contributed by atoms with Gasteiger partial charge >= 0.3 is 0 Å². The lowest BCUT2D eigenvalue weighted by molar-refractivity contribution is 0.0916. The quantitative estimate of drug-likeness (QED) is 0.803. The molecule has 0 saturated heterocycles. The summed E-state index contributed by atoms with van der Waals surface area (Å²) >= 11 is 6.54. The minimum Gasteiger partial charge on any atom is -0.507 e. The van der Waals surface area contributed by atoms with Gasteiger partial charge in [-0.3, -0.25) is 4.79 Å². The molecule has 17 heavy (non-hydrogen) atoms. The number of phenolic OH excluding ortho intramolecular Hbond substituents is 1. The lowest BCUT2D eigenvalue weighted by Gasteiger charge is -2.26. The van der Waals surface area contributed by atoms with Crippen LogP contribution < -0.4 is 5.32 Å². The third kappa shape index (κ3) is 3.42. The molecule has 3 nitrogen and oxygen atoms in total. The molecular weight excluding hydrogens is 357 g/mol. The molecule has 6 heteroatoms. The van der Waals surface area contributed by atoms with E-state index in [0.717, 1.165) is 6.07 Å². The van der Waals surface area contributed by atoms with Crippen LogP contribution in [-0.2, 0) is 0 Å². The fraction of sp³-hybridized carbons (Fsp3) is 0.364. The Morgan fingerprint density at radius 3 is 2.53 bits per heavy atom. The summed E-state index contributed by atoms with van der Waals surface area (Å²) in [4.78, 5) is 11.9. The fourth-order valence-corrected chi connectivity index (χ4v) is 2.39. The Morgan fingerprint density at radius 1 is 1.47 bits per heavy atom. The lowest BCUT2D eigenvalue weighted by atomic mass is 10.1. The van der Waals surface area contributed by atoms with Crippen LogP contribution in [0.25, 0.3) is 0 Å². The van der Waals surface area contributed by atoms with Crippen molar-refractivity contribution in [2.24, 2.45) is 0 Å². The SMILES string of the molecule is CC(CBr)(CBr)NC(=O)c1c(O)cccc1F. The third-order valence-electron chi connectivity index (χ3n) is 2.22. The molecule has 0 aliphatic carbocycles. The molecule has 94 valence electrons. The second-order valence-electron chi connectivity index (χ2n) is 3.92. The second kappa shape index (κ2) is 5.82. The van der Waals surface area contributed by atoms with E-state index < -0.39 is 17.3 Å². The van der Waals surface area contributed by atoms with Gasteiger partial charge in [0.25, 0.3) is 5.91 Å². The zero-order valence-corrected chi connectivity index (χ0v) is 12.3. The Bertz CT molecular complexity index is 402. The first-order valence-corrected chi connectivity index (χ1v) is 7.10. The molecule has 1 aromatic carbocycles. The number of amides is 1. The molecule has 0 atom stereocenters. The molecule has 0 aromatic heterocycles. The molecule has 0 radical (unpaired) electrons. The van der Waals surface area contributed by atoms with Gasteiger partial charge in [-0.05, 0) is 19.1 Å². The summed E-state index contributed by atoms with van der Waals surface area (Å²) in [7, 11) is 0. The van der Waals surface area contributed by atoms with Crippen molar-refractivity contribution >= 4 is 37.8 Å². The zero-order valence-electron chi connectivity index (χ0n) is 9.14. The number of aromatic hydroxyl groups is 1. The van der Waals surface area contributed by atoms with Crippen LogP contribution in [-0.4, -0.2) is 27.2 Å². The lowest BCUT2D eigenvalue weighted by Crippen LogP contribution is -2.49. The van der Waals surface area contributed by atoms with Crippen molar-refractivity contribution in [3.05, 3.63) is 29.6 Å². The second-order valence-corrected chi connectivity index (χ2v) is 5.04. The number of hydrogen-bond acceptors (Lipinski definition) is 2. The van der Waals surface area contributed by atoms with Gasteiger partial charge in [0.15, 0.2) is 0 Å². The van der Waals surface area contributed by atoms with Crippen molar-refractivity contribution in [3.8, 4) is 5.75 Å². The molecule has 0 heterocycles. The monoisotopic (exact) mass is 367 g/mol. The average Bonchev–Trinajstić information content (AvgIpc) is 2.28. The van der Waals surface area contributed by atoms with E-state index in [-0.39, 0.29) is 11.3 Å². The van der Waals surface area contributed by atoms with Gasteiger partial charge in [-0.25, -0.2) is 4.39 Å². The van der Waals surface area contributed by atoms with E-state index in [1.165, 1.54) is 12.1 Å². The van der Waals surface area contributed by atoms with Crippen LogP contribution in [0.5, 0.6) is 5.75 Å². The number of nitrogens with one attached hydrogen (secondary N) is 1. The first kappa shape index (κ1) is 14.4. The Labute approximate surface area is 116 Å². The summed E-state index contributed by atoms with van der Waals surface area (Å²) in [6.45, 7) is 1.80. The van der Waals surface area contributed by atoms with Gasteiger partial charge in [-0.2, -0.15) is 0 Å². The highest BCUT2D eigenvalue weighted by Crippen LogP contribution is 2.21. The summed E-state index contributed by atoms with van der Waals surface area (Å²) in [5.74, 6) is -1.75. The molecule has 0 bridgehead atoms. The third-order valence-corrected chi connectivity index (χ3v) is 4.70. The molecule has 1 amide bonds. The molecule has 0 saturated carbocycles. The molecule has 0 unspecified atom stereocenters. The topological polar surface area (TPSA) is 49.3 Å². The highest BCUT2D eigenvalue weighted by Gasteiger charge is 2.27. The smallest absolute Gasteiger partial charge is 0.258 e. The molecule has 0 aliphatic rings. The van der Waals surface area contributed by atoms with Crippen molar-refractivity contribution in [2.75, 3.05) is 10.7 Å². The van der Waals surface area contributed by atoms with Gasteiger partial charge in [-0.15, -0.1) is 0 Å². The van der Waals surface area contributed by atoms with Crippen molar-refractivity contribution in [1.29, 1.82) is 0 Å². The van der Waals surface area contributed by atoms with Crippen LogP contribution in [0.2, 0.25) is 0 Å². The normalized spacial score (nSPS) is 11.3. The number of phenols is 1. The molecule has 0 aliphatic heterocycles. The van der Waals surface area contributed by atoms with Gasteiger partial charge < -0.3 is 10.4 Å². The Kier molecular flexibility index (Phi) is 4.94. The largest absolute Gasteiger partial charge is 0.507 e. The van der Waals surface area contributed by atoms with E-state index in [0.29, 0.717) is 10.7 Å². The number of hydrogen-bond donors (Lipinski definition) is 2. The Hall–Kier alpha value is -0.620. The van der Waals surface area contributed by atoms with Crippen LogP contribution >= 0.6 is 31.9 Å². The zero-order chi connectivity index (χ0) is 13.1. The molecule has 0 spiro atoms. The molecule has 2 N–H and O–H groups in total. The predicted octanol–water partition coefficient (Wildman–Crippen LogP) is 2.81. The van der Waals surface area contributed by atoms with Crippen LogP contribution in [0.4, 0.5) is 4.39 Å². The first-order chi connectivity index (χ1) is 7.93. The van der Waals surface area contributed by atoms with Crippen LogP contribution in [0.1, 0.15) is 17.3 Å². The minimum absolute atomic E-state index is 0.333. The van der Waals surface area contributed by atoms with Crippen LogP contribution in [0, 0.1) is 5.82 Å². The number of alkyl halides is 2. The molecule has 0 fully saturated rings. The van der Waals surface area contributed by atoms with Crippen molar-refractivity contribution in [1.82, 2.24) is 5.32 Å². The molecular formula is C11H12Br2FNO2. The van der Waals surface area contributed by atoms with E-state index in [1.807, 2.05) is 0 Å². The minimum atomic E-state index is -0.742. The predicted molar refractivity (Wildman–Crippen MR) is 71.5 cm³/mol. The number of benzene rings is 1. The molecule has 1 rings (SSSR count). The van der Waals surface area contributed by atoms with Crippen LogP contribution in [0.3, 0.4) is 0 Å². The first-order valence-electron chi connectivity index (χ1n) is 4.85. The van der Waals surface area contributed by atoms with Gasteiger partial charge in [-0.1, -0.05) is 37.9 Å². The van der Waals surface area contributed by atoms with Gasteiger partial charge in [0.05, 0.1) is 5.54 Å². The van der Waals surface area contributed by atoms with E-state index in [9.17, 15) is 14.3 Å². The van der Waals surface area contributed by atoms with Gasteiger partial charge in [0.2, 0.25) is 0 Å². The van der Waals surface area contributed by atoms with Crippen molar-refractivity contribution in [2.45, 2.75) is 12.5 Å². The van der Waals surface area contributed by atoms with E-state index >= 15 is 0 Å². The summed E-state index contributed by atoms with van der Waals surface area (Å²) in [5, 5.41) is 13.2. The number of carbonyl (C=O) groups excluding carboxylic acids is 1. The number of carbonyl (C=O) groups is 1. The summed E-state index contributed by atoms with van der Waals surface area (Å²) in [6, 6.07) is 3.75. The standard InChI is InChI=1S/C11H12Br2FNO2/c1-11(5-12,6-13)15-10(17)9-7(14)3-2-4-8(9)16/h2-4,16H,5-6H2,1H3,(H,15,17).